The number of benzene rings is 1. The Morgan fingerprint density at radius 3 is 2.65 bits per heavy atom. The lowest BCUT2D eigenvalue weighted by Gasteiger charge is -2.24. The van der Waals surface area contributed by atoms with Crippen LogP contribution in [0.3, 0.4) is 0 Å². The average molecular weight is 247 g/mol. The van der Waals surface area contributed by atoms with Crippen LogP contribution in [-0.4, -0.2) is 10.7 Å². The van der Waals surface area contributed by atoms with E-state index in [4.69, 9.17) is 5.73 Å². The minimum Gasteiger partial charge on any atom is -0.397 e. The third kappa shape index (κ3) is 3.03. The number of nitrogens with two attached hydrogens (primary N) is 1. The lowest BCUT2D eigenvalue weighted by Crippen LogP contribution is -2.23. The zero-order valence-corrected chi connectivity index (χ0v) is 11.1. The fraction of sp³-hybridized carbons (Fsp3) is 0.308. The molecule has 0 aromatic heterocycles. The second kappa shape index (κ2) is 4.45. The maximum Gasteiger partial charge on any atom is 0.166 e. The Balaban J connectivity index is 2.21. The van der Waals surface area contributed by atoms with Crippen LogP contribution < -0.4 is 11.1 Å². The van der Waals surface area contributed by atoms with E-state index in [0.717, 1.165) is 16.5 Å². The Hall–Kier alpha value is -1.42. The molecule has 0 radical (unpaired) electrons. The smallest absolute Gasteiger partial charge is 0.166 e. The van der Waals surface area contributed by atoms with Gasteiger partial charge in [-0.1, -0.05) is 23.9 Å². The Bertz CT molecular complexity index is 489. The molecule has 0 atom stereocenters. The first-order valence-electron chi connectivity index (χ1n) is 5.55. The quantitative estimate of drug-likeness (QED) is 0.747. The monoisotopic (exact) mass is 247 g/mol. The molecule has 3 nitrogen and oxygen atoms in total. The SMILES string of the molecule is CC1=CC(C)(C)N=C(Nc2ccccc2N)S1. The predicted molar refractivity (Wildman–Crippen MR) is 77.3 cm³/mol. The molecular formula is C13H17N3S. The van der Waals surface area contributed by atoms with Gasteiger partial charge in [0.25, 0.3) is 0 Å². The van der Waals surface area contributed by atoms with Crippen molar-refractivity contribution in [2.75, 3.05) is 11.1 Å². The molecular weight excluding hydrogens is 230 g/mol. The van der Waals surface area contributed by atoms with E-state index >= 15 is 0 Å². The number of nitrogen functional groups attached to an aromatic ring is 1. The van der Waals surface area contributed by atoms with Crippen molar-refractivity contribution < 1.29 is 0 Å². The third-order valence-electron chi connectivity index (χ3n) is 2.41. The van der Waals surface area contributed by atoms with Gasteiger partial charge in [-0.15, -0.1) is 0 Å². The Labute approximate surface area is 106 Å². The minimum atomic E-state index is -0.152. The maximum absolute atomic E-state index is 5.90. The molecule has 0 saturated carbocycles. The van der Waals surface area contributed by atoms with Gasteiger partial charge in [0.2, 0.25) is 0 Å². The fourth-order valence-corrected chi connectivity index (χ4v) is 2.87. The van der Waals surface area contributed by atoms with Gasteiger partial charge in [-0.3, -0.25) is 4.99 Å². The summed E-state index contributed by atoms with van der Waals surface area (Å²) >= 11 is 1.64. The molecule has 1 aliphatic rings. The van der Waals surface area contributed by atoms with Crippen LogP contribution in [-0.2, 0) is 0 Å². The molecule has 3 N–H and O–H groups in total. The molecule has 0 saturated heterocycles. The number of thioether (sulfide) groups is 1. The van der Waals surface area contributed by atoms with Gasteiger partial charge in [0.1, 0.15) is 0 Å². The summed E-state index contributed by atoms with van der Waals surface area (Å²) in [6.07, 6.45) is 2.16. The normalized spacial score (nSPS) is 18.3. The Morgan fingerprint density at radius 2 is 2.00 bits per heavy atom. The highest BCUT2D eigenvalue weighted by Crippen LogP contribution is 2.30. The van der Waals surface area contributed by atoms with E-state index in [1.807, 2.05) is 24.3 Å². The van der Waals surface area contributed by atoms with Crippen LogP contribution in [0, 0.1) is 0 Å². The highest BCUT2D eigenvalue weighted by Gasteiger charge is 2.20. The number of hydrogen-bond donors (Lipinski definition) is 2. The van der Waals surface area contributed by atoms with Crippen molar-refractivity contribution in [3.8, 4) is 0 Å². The molecule has 90 valence electrons. The van der Waals surface area contributed by atoms with Gasteiger partial charge < -0.3 is 11.1 Å². The number of anilines is 2. The van der Waals surface area contributed by atoms with Crippen molar-refractivity contribution in [2.24, 2.45) is 4.99 Å². The number of para-hydroxylation sites is 2. The molecule has 0 amide bonds. The molecule has 0 fully saturated rings. The molecule has 1 aliphatic heterocycles. The molecule has 2 rings (SSSR count). The molecule has 0 unspecified atom stereocenters. The third-order valence-corrected chi connectivity index (χ3v) is 3.23. The minimum absolute atomic E-state index is 0.152. The van der Waals surface area contributed by atoms with Gasteiger partial charge in [-0.05, 0) is 43.9 Å². The summed E-state index contributed by atoms with van der Waals surface area (Å²) in [4.78, 5) is 5.89. The topological polar surface area (TPSA) is 50.4 Å². The number of nitrogens with one attached hydrogen (secondary N) is 1. The van der Waals surface area contributed by atoms with Crippen LogP contribution >= 0.6 is 11.8 Å². The molecule has 0 aliphatic carbocycles. The van der Waals surface area contributed by atoms with Gasteiger partial charge in [0.05, 0.1) is 16.9 Å². The average Bonchev–Trinajstić information content (AvgIpc) is 2.18. The van der Waals surface area contributed by atoms with E-state index in [9.17, 15) is 0 Å². The van der Waals surface area contributed by atoms with Gasteiger partial charge in [0.15, 0.2) is 5.17 Å². The number of allylic oxidation sites excluding steroid dienone is 1. The zero-order valence-electron chi connectivity index (χ0n) is 10.3. The van der Waals surface area contributed by atoms with Crippen LogP contribution in [0.15, 0.2) is 40.2 Å². The summed E-state index contributed by atoms with van der Waals surface area (Å²) < 4.78 is 0. The van der Waals surface area contributed by atoms with Crippen molar-refractivity contribution in [1.82, 2.24) is 0 Å². The van der Waals surface area contributed by atoms with E-state index in [1.165, 1.54) is 4.91 Å². The molecule has 1 aromatic carbocycles. The van der Waals surface area contributed by atoms with Gasteiger partial charge in [-0.25, -0.2) is 0 Å². The van der Waals surface area contributed by atoms with Gasteiger partial charge in [-0.2, -0.15) is 0 Å². The predicted octanol–water partition coefficient (Wildman–Crippen LogP) is 3.47. The highest BCUT2D eigenvalue weighted by atomic mass is 32.2. The summed E-state index contributed by atoms with van der Waals surface area (Å²) in [5.74, 6) is 0. The van der Waals surface area contributed by atoms with E-state index in [-0.39, 0.29) is 5.54 Å². The molecule has 1 aromatic rings. The standard InChI is InChI=1S/C13H17N3S/c1-9-8-13(2,3)16-12(17-9)15-11-7-5-4-6-10(11)14/h4-8H,14H2,1-3H3,(H,15,16). The van der Waals surface area contributed by atoms with Crippen molar-refractivity contribution in [2.45, 2.75) is 26.3 Å². The van der Waals surface area contributed by atoms with Crippen LogP contribution in [0.2, 0.25) is 0 Å². The van der Waals surface area contributed by atoms with Gasteiger partial charge >= 0.3 is 0 Å². The van der Waals surface area contributed by atoms with Crippen LogP contribution in [0.1, 0.15) is 20.8 Å². The number of nitrogens with zero attached hydrogens (tertiary/aromatic N) is 1. The molecule has 0 bridgehead atoms. The first kappa shape index (κ1) is 12.0. The second-order valence-corrected chi connectivity index (χ2v) is 5.87. The molecule has 1 heterocycles. The van der Waals surface area contributed by atoms with E-state index in [2.05, 4.69) is 37.2 Å². The van der Waals surface area contributed by atoms with Crippen LogP contribution in [0.25, 0.3) is 0 Å². The van der Waals surface area contributed by atoms with Crippen molar-refractivity contribution in [1.29, 1.82) is 0 Å². The van der Waals surface area contributed by atoms with E-state index in [0.29, 0.717) is 0 Å². The van der Waals surface area contributed by atoms with E-state index < -0.39 is 0 Å². The fourth-order valence-electron chi connectivity index (χ4n) is 1.78. The number of amidine groups is 1. The van der Waals surface area contributed by atoms with Crippen LogP contribution in [0.5, 0.6) is 0 Å². The Kier molecular flexibility index (Phi) is 3.15. The summed E-state index contributed by atoms with van der Waals surface area (Å²) in [7, 11) is 0. The van der Waals surface area contributed by atoms with Gasteiger partial charge in [0, 0.05) is 0 Å². The second-order valence-electron chi connectivity index (χ2n) is 4.64. The number of aliphatic imine (C=N–C) groups is 1. The van der Waals surface area contributed by atoms with Crippen molar-refractivity contribution >= 4 is 28.3 Å². The molecule has 17 heavy (non-hydrogen) atoms. The van der Waals surface area contributed by atoms with Crippen molar-refractivity contribution in [3.63, 3.8) is 0 Å². The van der Waals surface area contributed by atoms with E-state index in [1.54, 1.807) is 11.8 Å². The lowest BCUT2D eigenvalue weighted by atomic mass is 10.1. The summed E-state index contributed by atoms with van der Waals surface area (Å²) in [5.41, 5.74) is 7.39. The number of hydrogen-bond acceptors (Lipinski definition) is 4. The lowest BCUT2D eigenvalue weighted by molar-refractivity contribution is 0.656. The maximum atomic E-state index is 5.90. The summed E-state index contributed by atoms with van der Waals surface area (Å²) in [6.45, 7) is 6.27. The first-order valence-corrected chi connectivity index (χ1v) is 6.37. The van der Waals surface area contributed by atoms with Crippen LogP contribution in [0.4, 0.5) is 11.4 Å². The molecule has 4 heteroatoms. The highest BCUT2D eigenvalue weighted by molar-refractivity contribution is 8.17. The number of rotatable bonds is 1. The summed E-state index contributed by atoms with van der Waals surface area (Å²) in [6, 6.07) is 7.72. The van der Waals surface area contributed by atoms with Crippen molar-refractivity contribution in [3.05, 3.63) is 35.2 Å². The summed E-state index contributed by atoms with van der Waals surface area (Å²) in [5, 5.41) is 4.18. The Morgan fingerprint density at radius 1 is 1.29 bits per heavy atom. The zero-order chi connectivity index (χ0) is 12.5. The largest absolute Gasteiger partial charge is 0.397 e. The first-order chi connectivity index (χ1) is 7.96. The molecule has 0 spiro atoms.